The number of fused-ring (bicyclic) bond motifs is 2. The number of nitrogens with zero attached hydrogens (tertiary/aromatic N) is 4. The fourth-order valence-electron chi connectivity index (χ4n) is 3.65. The van der Waals surface area contributed by atoms with E-state index in [0.717, 1.165) is 5.56 Å². The van der Waals surface area contributed by atoms with Gasteiger partial charge in [-0.05, 0) is 27.9 Å². The summed E-state index contributed by atoms with van der Waals surface area (Å²) < 4.78 is 1.75. The summed E-state index contributed by atoms with van der Waals surface area (Å²) in [6.07, 6.45) is -0.0560. The molecule has 1 aliphatic rings. The first kappa shape index (κ1) is 18.6. The van der Waals surface area contributed by atoms with Crippen LogP contribution in [0.1, 0.15) is 10.9 Å². The maximum absolute atomic E-state index is 10.3. The summed E-state index contributed by atoms with van der Waals surface area (Å²) in [6, 6.07) is 14.4. The molecule has 5 rings (SSSR count). The normalized spacial score (nSPS) is 21.8. The smallest absolute Gasteiger partial charge is 0.226 e. The maximum atomic E-state index is 10.3. The number of nitrogens with one attached hydrogen (secondary N) is 1. The van der Waals surface area contributed by atoms with Gasteiger partial charge < -0.3 is 15.5 Å². The molecule has 0 radical (unpaired) electrons. The van der Waals surface area contributed by atoms with Gasteiger partial charge in [-0.3, -0.25) is 4.57 Å². The monoisotopic (exact) mass is 427 g/mol. The van der Waals surface area contributed by atoms with Crippen LogP contribution in [-0.4, -0.2) is 47.7 Å². The summed E-state index contributed by atoms with van der Waals surface area (Å²) in [5.74, 6) is 0.987. The number of anilines is 1. The second kappa shape index (κ2) is 7.46. The lowest BCUT2D eigenvalue weighted by atomic mass is 10.0. The molecule has 9 heteroatoms. The molecule has 3 N–H and O–H groups in total. The first-order valence-electron chi connectivity index (χ1n) is 9.20. The summed E-state index contributed by atoms with van der Waals surface area (Å²) in [6.45, 7) is 0.552. The molecule has 3 heterocycles. The number of halogens is 1. The molecule has 4 aromatic rings. The Labute approximate surface area is 175 Å². The summed E-state index contributed by atoms with van der Waals surface area (Å²) in [5.41, 5.74) is 2.23. The van der Waals surface area contributed by atoms with Gasteiger partial charge in [0.15, 0.2) is 17.0 Å². The minimum Gasteiger partial charge on any atom is -0.389 e. The second-order valence-electron chi connectivity index (χ2n) is 6.94. The van der Waals surface area contributed by atoms with Gasteiger partial charge in [0.05, 0.1) is 12.4 Å². The zero-order valence-corrected chi connectivity index (χ0v) is 16.8. The first-order valence-corrected chi connectivity index (χ1v) is 10.6. The zero-order valence-electron chi connectivity index (χ0n) is 15.2. The van der Waals surface area contributed by atoms with Crippen molar-refractivity contribution < 1.29 is 10.2 Å². The van der Waals surface area contributed by atoms with E-state index in [2.05, 4.69) is 44.5 Å². The van der Waals surface area contributed by atoms with Crippen molar-refractivity contribution in [2.75, 3.05) is 11.1 Å². The van der Waals surface area contributed by atoms with Crippen molar-refractivity contribution in [3.63, 3.8) is 0 Å². The molecule has 0 spiro atoms. The quantitative estimate of drug-likeness (QED) is 0.430. The molecule has 0 aliphatic carbocycles. The molecule has 0 amide bonds. The predicted octanol–water partition coefficient (Wildman–Crippen LogP) is 3.21. The highest BCUT2D eigenvalue weighted by atomic mass is 35.5. The van der Waals surface area contributed by atoms with Crippen molar-refractivity contribution in [2.24, 2.45) is 0 Å². The highest BCUT2D eigenvalue weighted by molar-refractivity contribution is 7.99. The van der Waals surface area contributed by atoms with E-state index >= 15 is 0 Å². The van der Waals surface area contributed by atoms with Crippen LogP contribution >= 0.6 is 23.4 Å². The van der Waals surface area contributed by atoms with Crippen LogP contribution in [0.3, 0.4) is 0 Å². The average molecular weight is 428 g/mol. The van der Waals surface area contributed by atoms with Gasteiger partial charge in [0.1, 0.15) is 11.5 Å². The Balaban J connectivity index is 1.49. The minimum atomic E-state index is -0.891. The fraction of sp³-hybridized carbons (Fsp3) is 0.250. The molecule has 3 atom stereocenters. The standard InChI is InChI=1S/C20H18ClN5O2S/c21-20-24-17(22-8-12-6-3-5-11-4-1-2-7-13(11)12)15-18(25-20)26(10-23-15)19-16(28)14(27)9-29-19/h1-7,10,14,16,19,27-28H,8-9H2,(H,22,24,25)/t14-,16?,19+/m0/s1. The molecule has 1 unspecified atom stereocenters. The lowest BCUT2D eigenvalue weighted by Gasteiger charge is -2.17. The zero-order chi connectivity index (χ0) is 20.0. The molecule has 148 valence electrons. The van der Waals surface area contributed by atoms with E-state index in [1.165, 1.54) is 22.5 Å². The van der Waals surface area contributed by atoms with Crippen molar-refractivity contribution in [1.29, 1.82) is 0 Å². The molecule has 0 bridgehead atoms. The Hall–Kier alpha value is -2.39. The van der Waals surface area contributed by atoms with E-state index in [1.807, 2.05) is 18.2 Å². The number of hydrogen-bond acceptors (Lipinski definition) is 7. The maximum Gasteiger partial charge on any atom is 0.226 e. The number of rotatable bonds is 4. The van der Waals surface area contributed by atoms with E-state index in [1.54, 1.807) is 10.9 Å². The molecule has 0 saturated carbocycles. The molecule has 7 nitrogen and oxygen atoms in total. The van der Waals surface area contributed by atoms with Gasteiger partial charge in [-0.2, -0.15) is 9.97 Å². The Morgan fingerprint density at radius 1 is 1.14 bits per heavy atom. The number of aromatic nitrogens is 4. The van der Waals surface area contributed by atoms with Gasteiger partial charge in [-0.1, -0.05) is 42.5 Å². The van der Waals surface area contributed by atoms with Gasteiger partial charge in [0.2, 0.25) is 5.28 Å². The number of benzene rings is 2. The van der Waals surface area contributed by atoms with Gasteiger partial charge in [-0.25, -0.2) is 4.98 Å². The highest BCUT2D eigenvalue weighted by Gasteiger charge is 2.36. The van der Waals surface area contributed by atoms with Crippen molar-refractivity contribution in [2.45, 2.75) is 24.1 Å². The molecule has 1 fully saturated rings. The number of hydrogen-bond donors (Lipinski definition) is 3. The van der Waals surface area contributed by atoms with E-state index in [9.17, 15) is 10.2 Å². The third kappa shape index (κ3) is 3.32. The average Bonchev–Trinajstić information content (AvgIpc) is 3.29. The van der Waals surface area contributed by atoms with E-state index in [-0.39, 0.29) is 10.7 Å². The highest BCUT2D eigenvalue weighted by Crippen LogP contribution is 2.38. The van der Waals surface area contributed by atoms with Crippen molar-refractivity contribution in [3.05, 3.63) is 59.6 Å². The van der Waals surface area contributed by atoms with Crippen LogP contribution in [0.5, 0.6) is 0 Å². The number of aliphatic hydroxyl groups excluding tert-OH is 2. The predicted molar refractivity (Wildman–Crippen MR) is 115 cm³/mol. The van der Waals surface area contributed by atoms with Crippen LogP contribution in [0.4, 0.5) is 5.82 Å². The summed E-state index contributed by atoms with van der Waals surface area (Å²) >= 11 is 7.63. The lowest BCUT2D eigenvalue weighted by molar-refractivity contribution is 0.0313. The van der Waals surface area contributed by atoms with Gasteiger partial charge >= 0.3 is 0 Å². The molecule has 1 saturated heterocycles. The van der Waals surface area contributed by atoms with Gasteiger partial charge in [0, 0.05) is 12.3 Å². The summed E-state index contributed by atoms with van der Waals surface area (Å²) in [4.78, 5) is 13.1. The SMILES string of the molecule is OC1[C@H](n2cnc3c(NCc4cccc5ccccc45)nc(Cl)nc32)SC[C@@H]1O. The van der Waals surface area contributed by atoms with Crippen molar-refractivity contribution in [3.8, 4) is 0 Å². The Morgan fingerprint density at radius 2 is 1.97 bits per heavy atom. The van der Waals surface area contributed by atoms with Crippen LogP contribution in [0, 0.1) is 0 Å². The topological polar surface area (TPSA) is 96.1 Å². The van der Waals surface area contributed by atoms with Crippen LogP contribution in [0.25, 0.3) is 21.9 Å². The van der Waals surface area contributed by atoms with E-state index in [4.69, 9.17) is 11.6 Å². The molecule has 2 aromatic heterocycles. The lowest BCUT2D eigenvalue weighted by Crippen LogP contribution is -2.27. The number of imidazole rings is 1. The van der Waals surface area contributed by atoms with Gasteiger partial charge in [0.25, 0.3) is 0 Å². The molecular formula is C20H18ClN5O2S. The Morgan fingerprint density at radius 3 is 2.79 bits per heavy atom. The second-order valence-corrected chi connectivity index (χ2v) is 8.43. The van der Waals surface area contributed by atoms with Crippen LogP contribution in [-0.2, 0) is 6.54 Å². The Kier molecular flexibility index (Phi) is 4.79. The number of aliphatic hydroxyl groups is 2. The first-order chi connectivity index (χ1) is 14.1. The van der Waals surface area contributed by atoms with E-state index in [0.29, 0.717) is 29.3 Å². The van der Waals surface area contributed by atoms with E-state index < -0.39 is 12.2 Å². The summed E-state index contributed by atoms with van der Waals surface area (Å²) in [7, 11) is 0. The van der Waals surface area contributed by atoms with Crippen molar-refractivity contribution in [1.82, 2.24) is 19.5 Å². The van der Waals surface area contributed by atoms with Crippen LogP contribution < -0.4 is 5.32 Å². The van der Waals surface area contributed by atoms with Crippen molar-refractivity contribution >= 4 is 51.1 Å². The molecule has 1 aliphatic heterocycles. The Bertz CT molecular complexity index is 1190. The largest absolute Gasteiger partial charge is 0.389 e. The fourth-order valence-corrected chi connectivity index (χ4v) is 5.10. The molecular weight excluding hydrogens is 410 g/mol. The molecule has 2 aromatic carbocycles. The summed E-state index contributed by atoms with van der Waals surface area (Å²) in [5, 5.41) is 25.5. The molecule has 29 heavy (non-hydrogen) atoms. The minimum absolute atomic E-state index is 0.0951. The number of thioether (sulfide) groups is 1. The van der Waals surface area contributed by atoms with Gasteiger partial charge in [-0.15, -0.1) is 11.8 Å². The van der Waals surface area contributed by atoms with Crippen LogP contribution in [0.15, 0.2) is 48.8 Å². The third-order valence-corrected chi connectivity index (χ3v) is 6.67. The van der Waals surface area contributed by atoms with Crippen LogP contribution in [0.2, 0.25) is 5.28 Å². The third-order valence-electron chi connectivity index (χ3n) is 5.12.